The Morgan fingerprint density at radius 1 is 1.58 bits per heavy atom. The smallest absolute Gasteiger partial charge is 0.307 e. The van der Waals surface area contributed by atoms with Gasteiger partial charge in [0.15, 0.2) is 0 Å². The van der Waals surface area contributed by atoms with Crippen molar-refractivity contribution in [2.75, 3.05) is 0 Å². The molecule has 0 spiro atoms. The maximum absolute atomic E-state index is 10.2. The van der Waals surface area contributed by atoms with E-state index in [1.54, 1.807) is 25.2 Å². The number of carboxylic acids is 1. The molecule has 0 saturated heterocycles. The lowest BCUT2D eigenvalue weighted by molar-refractivity contribution is -0.136. The van der Waals surface area contributed by atoms with Crippen LogP contribution in [0.5, 0.6) is 0 Å². The molecule has 3 heteroatoms. The van der Waals surface area contributed by atoms with Crippen molar-refractivity contribution in [2.24, 2.45) is 0 Å². The first kappa shape index (κ1) is 11.0. The van der Waals surface area contributed by atoms with Gasteiger partial charge in [-0.1, -0.05) is 30.3 Å². The molecule has 2 nitrogen and oxygen atoms in total. The van der Waals surface area contributed by atoms with E-state index in [1.165, 1.54) is 0 Å². The zero-order chi connectivity index (χ0) is 9.56. The quantitative estimate of drug-likeness (QED) is 0.686. The molecule has 0 aliphatic rings. The molecule has 0 aromatic heterocycles. The SMILES string of the molecule is C=C(/C=C\C(Cl)=C/C)CC(=O)O. The summed E-state index contributed by atoms with van der Waals surface area (Å²) in [7, 11) is 0. The third kappa shape index (κ3) is 5.74. The molecule has 0 fully saturated rings. The van der Waals surface area contributed by atoms with Crippen LogP contribution in [-0.4, -0.2) is 11.1 Å². The van der Waals surface area contributed by atoms with Gasteiger partial charge in [0, 0.05) is 5.03 Å². The number of hydrogen-bond donors (Lipinski definition) is 1. The molecule has 0 aromatic rings. The van der Waals surface area contributed by atoms with Crippen LogP contribution in [0.1, 0.15) is 13.3 Å². The van der Waals surface area contributed by atoms with Gasteiger partial charge >= 0.3 is 5.97 Å². The fourth-order valence-corrected chi connectivity index (χ4v) is 0.610. The van der Waals surface area contributed by atoms with Crippen LogP contribution in [0.4, 0.5) is 0 Å². The Morgan fingerprint density at radius 2 is 2.17 bits per heavy atom. The van der Waals surface area contributed by atoms with Crippen LogP contribution in [0, 0.1) is 0 Å². The average molecular weight is 187 g/mol. The summed E-state index contributed by atoms with van der Waals surface area (Å²) < 4.78 is 0. The van der Waals surface area contributed by atoms with Crippen LogP contribution in [0.25, 0.3) is 0 Å². The summed E-state index contributed by atoms with van der Waals surface area (Å²) in [5, 5.41) is 8.93. The van der Waals surface area contributed by atoms with Gasteiger partial charge < -0.3 is 5.11 Å². The fraction of sp³-hybridized carbons (Fsp3) is 0.222. The van der Waals surface area contributed by atoms with Crippen molar-refractivity contribution in [3.05, 3.63) is 35.4 Å². The lowest BCUT2D eigenvalue weighted by Gasteiger charge is -1.92. The van der Waals surface area contributed by atoms with Crippen LogP contribution in [0.2, 0.25) is 0 Å². The number of carboxylic acid groups (broad SMARTS) is 1. The van der Waals surface area contributed by atoms with Gasteiger partial charge in [-0.05, 0) is 18.6 Å². The van der Waals surface area contributed by atoms with Gasteiger partial charge in [-0.25, -0.2) is 0 Å². The second-order valence-corrected chi connectivity index (χ2v) is 2.67. The molecule has 0 saturated carbocycles. The van der Waals surface area contributed by atoms with E-state index < -0.39 is 5.97 Å². The highest BCUT2D eigenvalue weighted by Gasteiger charge is 1.96. The molecule has 0 rings (SSSR count). The van der Waals surface area contributed by atoms with E-state index in [4.69, 9.17) is 16.7 Å². The Balaban J connectivity index is 4.01. The molecular formula is C9H11ClO2. The van der Waals surface area contributed by atoms with Crippen molar-refractivity contribution < 1.29 is 9.90 Å². The number of hydrogen-bond acceptors (Lipinski definition) is 1. The van der Waals surface area contributed by atoms with Crippen molar-refractivity contribution in [3.8, 4) is 0 Å². The minimum atomic E-state index is -0.888. The van der Waals surface area contributed by atoms with Gasteiger partial charge in [0.2, 0.25) is 0 Å². The Bertz CT molecular complexity index is 239. The van der Waals surface area contributed by atoms with Crippen molar-refractivity contribution in [3.63, 3.8) is 0 Å². The highest BCUT2D eigenvalue weighted by Crippen LogP contribution is 2.06. The van der Waals surface area contributed by atoms with Crippen LogP contribution < -0.4 is 0 Å². The molecule has 0 amide bonds. The molecule has 0 atom stereocenters. The van der Waals surface area contributed by atoms with Crippen molar-refractivity contribution in [2.45, 2.75) is 13.3 Å². The van der Waals surface area contributed by atoms with E-state index in [9.17, 15) is 4.79 Å². The van der Waals surface area contributed by atoms with E-state index in [-0.39, 0.29) is 6.42 Å². The highest BCUT2D eigenvalue weighted by molar-refractivity contribution is 6.31. The minimum Gasteiger partial charge on any atom is -0.481 e. The summed E-state index contributed by atoms with van der Waals surface area (Å²) in [6.45, 7) is 5.35. The summed E-state index contributed by atoms with van der Waals surface area (Å²) in [6, 6.07) is 0. The van der Waals surface area contributed by atoms with E-state index >= 15 is 0 Å². The van der Waals surface area contributed by atoms with Gasteiger partial charge in [0.1, 0.15) is 0 Å². The van der Waals surface area contributed by atoms with Crippen LogP contribution in [0.3, 0.4) is 0 Å². The van der Waals surface area contributed by atoms with E-state index in [1.807, 2.05) is 0 Å². The Kier molecular flexibility index (Phi) is 5.13. The van der Waals surface area contributed by atoms with Gasteiger partial charge in [0.05, 0.1) is 6.42 Å². The second-order valence-electron chi connectivity index (χ2n) is 2.24. The Hall–Kier alpha value is -1.02. The van der Waals surface area contributed by atoms with Gasteiger partial charge in [-0.15, -0.1) is 0 Å². The predicted octanol–water partition coefficient (Wildman–Crippen LogP) is 2.72. The van der Waals surface area contributed by atoms with Crippen molar-refractivity contribution >= 4 is 17.6 Å². The number of halogens is 1. The molecule has 0 aliphatic carbocycles. The third-order valence-corrected chi connectivity index (χ3v) is 1.48. The first-order valence-corrected chi connectivity index (χ1v) is 3.83. The van der Waals surface area contributed by atoms with Gasteiger partial charge in [0.25, 0.3) is 0 Å². The average Bonchev–Trinajstić information content (AvgIpc) is 1.99. The monoisotopic (exact) mass is 186 g/mol. The number of aliphatic carboxylic acids is 1. The molecule has 0 heterocycles. The van der Waals surface area contributed by atoms with Crippen LogP contribution >= 0.6 is 11.6 Å². The van der Waals surface area contributed by atoms with E-state index in [0.29, 0.717) is 10.6 Å². The highest BCUT2D eigenvalue weighted by atomic mass is 35.5. The molecule has 0 aliphatic heterocycles. The summed E-state index contributed by atoms with van der Waals surface area (Å²) in [6.07, 6.45) is 4.87. The normalized spacial score (nSPS) is 12.0. The fourth-order valence-electron chi connectivity index (χ4n) is 0.547. The zero-order valence-corrected chi connectivity index (χ0v) is 7.64. The van der Waals surface area contributed by atoms with Crippen LogP contribution in [0.15, 0.2) is 35.4 Å². The standard InChI is InChI=1S/C9H11ClO2/c1-3-8(10)5-4-7(2)6-9(11)12/h3-5H,2,6H2,1H3,(H,11,12)/b5-4-,8-3+. The van der Waals surface area contributed by atoms with E-state index in [0.717, 1.165) is 0 Å². The number of allylic oxidation sites excluding steroid dienone is 4. The van der Waals surface area contributed by atoms with E-state index in [2.05, 4.69) is 6.58 Å². The third-order valence-electron chi connectivity index (χ3n) is 1.13. The number of rotatable bonds is 4. The summed E-state index contributed by atoms with van der Waals surface area (Å²) in [4.78, 5) is 10.2. The lowest BCUT2D eigenvalue weighted by Crippen LogP contribution is -1.94. The molecule has 0 radical (unpaired) electrons. The molecule has 0 unspecified atom stereocenters. The molecule has 12 heavy (non-hydrogen) atoms. The first-order valence-electron chi connectivity index (χ1n) is 3.45. The summed E-state index contributed by atoms with van der Waals surface area (Å²) >= 11 is 5.63. The molecule has 0 aromatic carbocycles. The van der Waals surface area contributed by atoms with Crippen molar-refractivity contribution in [1.82, 2.24) is 0 Å². The minimum absolute atomic E-state index is 0.0512. The molecule has 66 valence electrons. The lowest BCUT2D eigenvalue weighted by atomic mass is 10.2. The maximum atomic E-state index is 10.2. The molecular weight excluding hydrogens is 176 g/mol. The zero-order valence-electron chi connectivity index (χ0n) is 6.88. The topological polar surface area (TPSA) is 37.3 Å². The second kappa shape index (κ2) is 5.61. The molecule has 1 N–H and O–H groups in total. The summed E-state index contributed by atoms with van der Waals surface area (Å²) in [5.41, 5.74) is 0.530. The maximum Gasteiger partial charge on any atom is 0.307 e. The summed E-state index contributed by atoms with van der Waals surface area (Å²) in [5.74, 6) is -0.888. The van der Waals surface area contributed by atoms with Gasteiger partial charge in [-0.3, -0.25) is 4.79 Å². The van der Waals surface area contributed by atoms with Gasteiger partial charge in [-0.2, -0.15) is 0 Å². The Morgan fingerprint density at radius 3 is 2.58 bits per heavy atom. The number of carbonyl (C=O) groups is 1. The van der Waals surface area contributed by atoms with Crippen molar-refractivity contribution in [1.29, 1.82) is 0 Å². The first-order chi connectivity index (χ1) is 5.56. The largest absolute Gasteiger partial charge is 0.481 e. The predicted molar refractivity (Wildman–Crippen MR) is 50.1 cm³/mol. The Labute approximate surface area is 76.8 Å². The molecule has 0 bridgehead atoms. The van der Waals surface area contributed by atoms with Crippen LogP contribution in [-0.2, 0) is 4.79 Å².